The highest BCUT2D eigenvalue weighted by atomic mass is 16.5. The number of carbonyl (C=O) groups is 1. The number of nitrogens with zero attached hydrogens (tertiary/aromatic N) is 3. The van der Waals surface area contributed by atoms with Gasteiger partial charge < -0.3 is 14.6 Å². The summed E-state index contributed by atoms with van der Waals surface area (Å²) in [5.74, 6) is 1.50. The summed E-state index contributed by atoms with van der Waals surface area (Å²) in [6.45, 7) is -0.363. The van der Waals surface area contributed by atoms with Gasteiger partial charge in [0.05, 0.1) is 11.8 Å². The maximum Gasteiger partial charge on any atom is 0.341 e. The van der Waals surface area contributed by atoms with Crippen LogP contribution in [0.15, 0.2) is 54.8 Å². The standard InChI is InChI=1S/C20H15N3O4/c24-19(25)13-27-15-8-5-14(6-9-15)7-10-18-21-20-16-3-1-2-4-17(16)26-12-11-23(20)22-18/h1-12H,13H2,(H,24,25). The van der Waals surface area contributed by atoms with Crippen molar-refractivity contribution in [3.05, 3.63) is 66.2 Å². The first-order valence-corrected chi connectivity index (χ1v) is 8.21. The number of benzene rings is 2. The molecule has 134 valence electrons. The molecule has 1 aliphatic heterocycles. The molecule has 2 heterocycles. The maximum absolute atomic E-state index is 10.5. The van der Waals surface area contributed by atoms with Crippen LogP contribution in [0.25, 0.3) is 29.7 Å². The highest BCUT2D eigenvalue weighted by molar-refractivity contribution is 5.71. The summed E-state index contributed by atoms with van der Waals surface area (Å²) in [6, 6.07) is 14.7. The van der Waals surface area contributed by atoms with Crippen LogP contribution >= 0.6 is 0 Å². The number of aliphatic carboxylic acids is 1. The van der Waals surface area contributed by atoms with E-state index in [1.54, 1.807) is 29.3 Å². The molecular weight excluding hydrogens is 346 g/mol. The summed E-state index contributed by atoms with van der Waals surface area (Å²) in [5.41, 5.74) is 1.79. The molecule has 1 N–H and O–H groups in total. The van der Waals surface area contributed by atoms with Crippen LogP contribution in [0.2, 0.25) is 0 Å². The fourth-order valence-corrected chi connectivity index (χ4v) is 2.60. The molecule has 2 aromatic carbocycles. The second kappa shape index (κ2) is 7.17. The summed E-state index contributed by atoms with van der Waals surface area (Å²) in [6.07, 6.45) is 6.98. The van der Waals surface area contributed by atoms with Crippen molar-refractivity contribution in [1.82, 2.24) is 14.8 Å². The molecule has 0 unspecified atom stereocenters. The van der Waals surface area contributed by atoms with Crippen molar-refractivity contribution in [3.63, 3.8) is 0 Å². The summed E-state index contributed by atoms with van der Waals surface area (Å²) in [4.78, 5) is 15.1. The third-order valence-corrected chi connectivity index (χ3v) is 3.84. The molecule has 0 atom stereocenters. The number of para-hydroxylation sites is 1. The summed E-state index contributed by atoms with van der Waals surface area (Å²) < 4.78 is 12.3. The Hall–Kier alpha value is -3.87. The number of hydrogen-bond donors (Lipinski definition) is 1. The van der Waals surface area contributed by atoms with Gasteiger partial charge in [-0.2, -0.15) is 0 Å². The van der Waals surface area contributed by atoms with Gasteiger partial charge in [0.25, 0.3) is 0 Å². The van der Waals surface area contributed by atoms with Gasteiger partial charge in [0.15, 0.2) is 18.3 Å². The predicted octanol–water partition coefficient (Wildman–Crippen LogP) is 3.40. The first kappa shape index (κ1) is 16.6. The Bertz CT molecular complexity index is 1040. The van der Waals surface area contributed by atoms with E-state index in [1.807, 2.05) is 48.6 Å². The van der Waals surface area contributed by atoms with Gasteiger partial charge in [0, 0.05) is 0 Å². The van der Waals surface area contributed by atoms with E-state index in [9.17, 15) is 4.79 Å². The Morgan fingerprint density at radius 1 is 1.15 bits per heavy atom. The number of hydrogen-bond acceptors (Lipinski definition) is 5. The fraction of sp³-hybridized carbons (Fsp3) is 0.0500. The lowest BCUT2D eigenvalue weighted by Gasteiger charge is -2.03. The third-order valence-electron chi connectivity index (χ3n) is 3.84. The van der Waals surface area contributed by atoms with Crippen LogP contribution in [0, 0.1) is 0 Å². The number of carboxylic acid groups (broad SMARTS) is 1. The molecule has 0 saturated heterocycles. The van der Waals surface area contributed by atoms with Crippen LogP contribution in [0.4, 0.5) is 0 Å². The van der Waals surface area contributed by atoms with Gasteiger partial charge in [-0.1, -0.05) is 30.3 Å². The topological polar surface area (TPSA) is 86.5 Å². The van der Waals surface area contributed by atoms with E-state index in [1.165, 1.54) is 0 Å². The zero-order valence-electron chi connectivity index (χ0n) is 14.1. The van der Waals surface area contributed by atoms with Gasteiger partial charge in [0.1, 0.15) is 17.8 Å². The predicted molar refractivity (Wildman–Crippen MR) is 99.9 cm³/mol. The zero-order valence-corrected chi connectivity index (χ0v) is 14.1. The second-order valence-corrected chi connectivity index (χ2v) is 5.72. The molecule has 7 heteroatoms. The lowest BCUT2D eigenvalue weighted by molar-refractivity contribution is -0.139. The monoisotopic (exact) mass is 361 g/mol. The minimum absolute atomic E-state index is 0.363. The van der Waals surface area contributed by atoms with Crippen LogP contribution in [0.5, 0.6) is 11.5 Å². The van der Waals surface area contributed by atoms with Crippen LogP contribution in [-0.4, -0.2) is 32.4 Å². The molecule has 0 saturated carbocycles. The molecule has 4 rings (SSSR count). The van der Waals surface area contributed by atoms with Crippen LogP contribution in [0.3, 0.4) is 0 Å². The zero-order chi connectivity index (χ0) is 18.6. The van der Waals surface area contributed by atoms with E-state index in [0.717, 1.165) is 16.9 Å². The number of fused-ring (bicyclic) bond motifs is 3. The van der Waals surface area contributed by atoms with Gasteiger partial charge in [-0.15, -0.1) is 5.10 Å². The molecule has 0 radical (unpaired) electrons. The van der Waals surface area contributed by atoms with Crippen LogP contribution < -0.4 is 9.47 Å². The number of rotatable bonds is 5. The van der Waals surface area contributed by atoms with Crippen LogP contribution in [0.1, 0.15) is 11.4 Å². The molecule has 0 fully saturated rings. The van der Waals surface area contributed by atoms with Gasteiger partial charge in [-0.05, 0) is 35.9 Å². The Labute approximate surface area is 154 Å². The van der Waals surface area contributed by atoms with Gasteiger partial charge in [0.2, 0.25) is 0 Å². The van der Waals surface area contributed by atoms with Crippen molar-refractivity contribution in [2.75, 3.05) is 6.61 Å². The van der Waals surface area contributed by atoms with Crippen LogP contribution in [-0.2, 0) is 4.79 Å². The molecule has 0 amide bonds. The van der Waals surface area contributed by atoms with E-state index in [2.05, 4.69) is 10.1 Å². The van der Waals surface area contributed by atoms with Crippen molar-refractivity contribution in [2.45, 2.75) is 0 Å². The van der Waals surface area contributed by atoms with E-state index in [4.69, 9.17) is 14.6 Å². The van der Waals surface area contributed by atoms with E-state index >= 15 is 0 Å². The quantitative estimate of drug-likeness (QED) is 0.749. The average molecular weight is 361 g/mol. The third kappa shape index (κ3) is 3.72. The lowest BCUT2D eigenvalue weighted by Crippen LogP contribution is -2.09. The van der Waals surface area contributed by atoms with Crippen molar-refractivity contribution in [3.8, 4) is 22.9 Å². The normalized spacial score (nSPS) is 12.1. The van der Waals surface area contributed by atoms with Crippen molar-refractivity contribution < 1.29 is 19.4 Å². The number of carboxylic acids is 1. The molecule has 0 aliphatic carbocycles. The molecule has 0 bridgehead atoms. The summed E-state index contributed by atoms with van der Waals surface area (Å²) in [5, 5.41) is 13.1. The number of ether oxygens (including phenoxy) is 2. The minimum Gasteiger partial charge on any atom is -0.482 e. The average Bonchev–Trinajstić information content (AvgIpc) is 3.01. The Kier molecular flexibility index (Phi) is 4.40. The first-order chi connectivity index (χ1) is 13.2. The highest BCUT2D eigenvalue weighted by Crippen LogP contribution is 2.31. The SMILES string of the molecule is O=C(O)COc1ccc(C=Cc2nc3n(n2)C=COc2ccccc2-3)cc1. The highest BCUT2D eigenvalue weighted by Gasteiger charge is 2.15. The van der Waals surface area contributed by atoms with E-state index in [-0.39, 0.29) is 6.61 Å². The first-order valence-electron chi connectivity index (χ1n) is 8.21. The molecular formula is C20H15N3O4. The molecule has 0 spiro atoms. The van der Waals surface area contributed by atoms with Gasteiger partial charge in [-0.25, -0.2) is 14.5 Å². The molecule has 1 aromatic heterocycles. The van der Waals surface area contributed by atoms with Crippen molar-refractivity contribution in [1.29, 1.82) is 0 Å². The minimum atomic E-state index is -1.01. The molecule has 7 nitrogen and oxygen atoms in total. The Morgan fingerprint density at radius 3 is 2.78 bits per heavy atom. The van der Waals surface area contributed by atoms with Crippen molar-refractivity contribution in [2.24, 2.45) is 0 Å². The molecule has 1 aliphatic rings. The van der Waals surface area contributed by atoms with Crippen molar-refractivity contribution >= 4 is 24.3 Å². The Morgan fingerprint density at radius 2 is 1.96 bits per heavy atom. The molecule has 27 heavy (non-hydrogen) atoms. The fourth-order valence-electron chi connectivity index (χ4n) is 2.60. The largest absolute Gasteiger partial charge is 0.482 e. The second-order valence-electron chi connectivity index (χ2n) is 5.72. The Balaban J connectivity index is 1.54. The summed E-state index contributed by atoms with van der Waals surface area (Å²) >= 11 is 0. The number of aromatic nitrogens is 3. The van der Waals surface area contributed by atoms with Gasteiger partial charge >= 0.3 is 5.97 Å². The van der Waals surface area contributed by atoms with E-state index in [0.29, 0.717) is 17.4 Å². The maximum atomic E-state index is 10.5. The lowest BCUT2D eigenvalue weighted by atomic mass is 10.2. The molecule has 3 aromatic rings. The summed E-state index contributed by atoms with van der Waals surface area (Å²) in [7, 11) is 0. The van der Waals surface area contributed by atoms with E-state index < -0.39 is 5.97 Å². The van der Waals surface area contributed by atoms with Gasteiger partial charge in [-0.3, -0.25) is 0 Å². The smallest absolute Gasteiger partial charge is 0.341 e.